The van der Waals surface area contributed by atoms with Gasteiger partial charge in [0.05, 0.1) is 5.52 Å². The van der Waals surface area contributed by atoms with Gasteiger partial charge >= 0.3 is 0 Å². The van der Waals surface area contributed by atoms with Crippen molar-refractivity contribution in [3.05, 3.63) is 83.9 Å². The first-order valence-corrected chi connectivity index (χ1v) is 13.5. The fourth-order valence-corrected chi connectivity index (χ4v) is 7.07. The summed E-state index contributed by atoms with van der Waals surface area (Å²) in [7, 11) is 0. The number of nitrogens with one attached hydrogen (secondary N) is 1. The van der Waals surface area contributed by atoms with Crippen LogP contribution in [0.2, 0.25) is 0 Å². The molecule has 0 aliphatic rings. The Morgan fingerprint density at radius 1 is 0.486 bits per heavy atom. The molecule has 0 unspecified atom stereocenters. The summed E-state index contributed by atoms with van der Waals surface area (Å²) in [5.74, 6) is 0. The second-order valence-corrected chi connectivity index (χ2v) is 13.1. The van der Waals surface area contributed by atoms with Crippen molar-refractivity contribution in [2.24, 2.45) is 0 Å². The van der Waals surface area contributed by atoms with Crippen LogP contribution in [0.25, 0.3) is 76.0 Å². The van der Waals surface area contributed by atoms with Crippen molar-refractivity contribution in [1.82, 2.24) is 4.98 Å². The standard InChI is InChI=1S/C36H31N/c1-35(2,3)26-16-23-24-18-28(19-10-8-7-9-11-19)37-34(24)25-17-27(36(4,5)6)22-15-13-20-12-14-21(26)30-29(20)31(22)33(25)32(23)30/h7-18,37H,1-6H3. The summed E-state index contributed by atoms with van der Waals surface area (Å²) in [4.78, 5) is 3.90. The number of aromatic amines is 1. The minimum Gasteiger partial charge on any atom is -0.354 e. The van der Waals surface area contributed by atoms with Crippen LogP contribution in [-0.4, -0.2) is 4.98 Å². The van der Waals surface area contributed by atoms with E-state index in [0.29, 0.717) is 0 Å². The molecule has 7 aromatic carbocycles. The van der Waals surface area contributed by atoms with Crippen LogP contribution >= 0.6 is 0 Å². The Morgan fingerprint density at radius 3 is 1.62 bits per heavy atom. The van der Waals surface area contributed by atoms with Crippen LogP contribution < -0.4 is 0 Å². The highest BCUT2D eigenvalue weighted by Gasteiger charge is 2.30. The number of aromatic nitrogens is 1. The molecular weight excluding hydrogens is 446 g/mol. The Balaban J connectivity index is 1.72. The lowest BCUT2D eigenvalue weighted by Gasteiger charge is -2.23. The summed E-state index contributed by atoms with van der Waals surface area (Å²) >= 11 is 0. The number of fused-ring (bicyclic) bond motifs is 3. The number of hydrogen-bond donors (Lipinski definition) is 1. The molecule has 0 aliphatic carbocycles. The van der Waals surface area contributed by atoms with Crippen molar-refractivity contribution in [2.75, 3.05) is 0 Å². The molecule has 0 atom stereocenters. The summed E-state index contributed by atoms with van der Waals surface area (Å²) in [5.41, 5.74) is 6.62. The monoisotopic (exact) mass is 477 g/mol. The average molecular weight is 478 g/mol. The normalized spacial score (nSPS) is 13.7. The molecule has 0 saturated carbocycles. The van der Waals surface area contributed by atoms with Crippen LogP contribution in [0.3, 0.4) is 0 Å². The van der Waals surface area contributed by atoms with E-state index in [1.807, 2.05) is 0 Å². The van der Waals surface area contributed by atoms with Gasteiger partial charge in [-0.3, -0.25) is 0 Å². The maximum absolute atomic E-state index is 3.90. The molecule has 0 bridgehead atoms. The third kappa shape index (κ3) is 2.60. The zero-order chi connectivity index (χ0) is 25.4. The molecule has 1 N–H and O–H groups in total. The van der Waals surface area contributed by atoms with Crippen molar-refractivity contribution < 1.29 is 0 Å². The molecule has 0 saturated heterocycles. The molecule has 1 nitrogen and oxygen atoms in total. The van der Waals surface area contributed by atoms with Gasteiger partial charge in [-0.15, -0.1) is 0 Å². The van der Waals surface area contributed by atoms with Crippen LogP contribution in [0, 0.1) is 0 Å². The van der Waals surface area contributed by atoms with Crippen LogP contribution in [0.5, 0.6) is 0 Å². The van der Waals surface area contributed by atoms with Gasteiger partial charge in [0.1, 0.15) is 0 Å². The molecule has 0 radical (unpaired) electrons. The minimum atomic E-state index is 0.0389. The van der Waals surface area contributed by atoms with E-state index in [0.717, 1.165) is 0 Å². The summed E-state index contributed by atoms with van der Waals surface area (Å²) < 4.78 is 0. The van der Waals surface area contributed by atoms with E-state index in [2.05, 4.69) is 119 Å². The van der Waals surface area contributed by atoms with Crippen LogP contribution in [0.1, 0.15) is 52.7 Å². The smallest absolute Gasteiger partial charge is 0.0545 e. The molecule has 8 aromatic rings. The lowest BCUT2D eigenvalue weighted by Crippen LogP contribution is -2.11. The van der Waals surface area contributed by atoms with Gasteiger partial charge in [-0.25, -0.2) is 0 Å². The van der Waals surface area contributed by atoms with Gasteiger partial charge in [0.25, 0.3) is 0 Å². The van der Waals surface area contributed by atoms with Crippen molar-refractivity contribution in [1.29, 1.82) is 0 Å². The van der Waals surface area contributed by atoms with E-state index < -0.39 is 0 Å². The summed E-state index contributed by atoms with van der Waals surface area (Å²) in [6, 6.07) is 27.6. The van der Waals surface area contributed by atoms with Crippen molar-refractivity contribution in [3.8, 4) is 11.3 Å². The Kier molecular flexibility index (Phi) is 3.75. The molecule has 8 rings (SSSR count). The summed E-state index contributed by atoms with van der Waals surface area (Å²) in [6.45, 7) is 14.1. The van der Waals surface area contributed by atoms with Crippen LogP contribution in [-0.2, 0) is 10.8 Å². The van der Waals surface area contributed by atoms with E-state index in [4.69, 9.17) is 0 Å². The lowest BCUT2D eigenvalue weighted by molar-refractivity contribution is 0.596. The molecule has 37 heavy (non-hydrogen) atoms. The molecule has 180 valence electrons. The van der Waals surface area contributed by atoms with Gasteiger partial charge in [0, 0.05) is 21.9 Å². The first-order valence-electron chi connectivity index (χ1n) is 13.5. The maximum Gasteiger partial charge on any atom is 0.0545 e. The number of benzene rings is 6. The molecule has 1 aromatic heterocycles. The SMILES string of the molecule is CC(C)(C)c1cc2c3cc(-c4ccccc4)[nH]c3c3cc(C(C)(C)C)c4ccc5ccc1c1c5c4c3c21. The predicted molar refractivity (Wildman–Crippen MR) is 162 cm³/mol. The molecule has 0 spiro atoms. The van der Waals surface area contributed by atoms with Gasteiger partial charge < -0.3 is 4.98 Å². The second kappa shape index (κ2) is 6.53. The fourth-order valence-electron chi connectivity index (χ4n) is 7.07. The Hall–Kier alpha value is -3.84. The Morgan fingerprint density at radius 2 is 1.03 bits per heavy atom. The van der Waals surface area contributed by atoms with E-state index in [-0.39, 0.29) is 10.8 Å². The van der Waals surface area contributed by atoms with E-state index >= 15 is 0 Å². The van der Waals surface area contributed by atoms with Gasteiger partial charge in [-0.1, -0.05) is 96.1 Å². The van der Waals surface area contributed by atoms with Crippen molar-refractivity contribution in [2.45, 2.75) is 52.4 Å². The summed E-state index contributed by atoms with van der Waals surface area (Å²) in [5, 5.41) is 15.5. The third-order valence-electron chi connectivity index (χ3n) is 8.71. The number of H-pyrrole nitrogens is 1. The van der Waals surface area contributed by atoms with Crippen molar-refractivity contribution in [3.63, 3.8) is 0 Å². The Bertz CT molecular complexity index is 2000. The molecule has 0 aliphatic heterocycles. The van der Waals surface area contributed by atoms with E-state index in [9.17, 15) is 0 Å². The topological polar surface area (TPSA) is 15.8 Å². The number of hydrogen-bond acceptors (Lipinski definition) is 0. The molecule has 0 amide bonds. The quantitative estimate of drug-likeness (QED) is 0.226. The lowest BCUT2D eigenvalue weighted by atomic mass is 9.81. The zero-order valence-electron chi connectivity index (χ0n) is 22.4. The van der Waals surface area contributed by atoms with Crippen LogP contribution in [0.15, 0.2) is 72.8 Å². The molecular formula is C36H31N. The summed E-state index contributed by atoms with van der Waals surface area (Å²) in [6.07, 6.45) is 0. The highest BCUT2D eigenvalue weighted by Crippen LogP contribution is 2.54. The zero-order valence-corrected chi connectivity index (χ0v) is 22.4. The minimum absolute atomic E-state index is 0.0389. The largest absolute Gasteiger partial charge is 0.354 e. The third-order valence-corrected chi connectivity index (χ3v) is 8.71. The average Bonchev–Trinajstić information content (AvgIpc) is 3.46. The fraction of sp³-hybridized carbons (Fsp3) is 0.222. The maximum atomic E-state index is 3.90. The van der Waals surface area contributed by atoms with Gasteiger partial charge in [-0.2, -0.15) is 0 Å². The Labute approximate surface area is 217 Å². The van der Waals surface area contributed by atoms with Gasteiger partial charge in [0.2, 0.25) is 0 Å². The van der Waals surface area contributed by atoms with E-state index in [1.54, 1.807) is 0 Å². The molecule has 1 heteroatoms. The molecule has 1 heterocycles. The first kappa shape index (κ1) is 21.3. The number of rotatable bonds is 1. The second-order valence-electron chi connectivity index (χ2n) is 13.1. The van der Waals surface area contributed by atoms with Gasteiger partial charge in [-0.05, 0) is 88.8 Å². The van der Waals surface area contributed by atoms with Crippen molar-refractivity contribution >= 4 is 64.8 Å². The highest BCUT2D eigenvalue weighted by molar-refractivity contribution is 6.48. The van der Waals surface area contributed by atoms with E-state index in [1.165, 1.54) is 87.1 Å². The van der Waals surface area contributed by atoms with Crippen LogP contribution in [0.4, 0.5) is 0 Å². The first-order chi connectivity index (χ1) is 17.6. The highest BCUT2D eigenvalue weighted by atomic mass is 14.7. The van der Waals surface area contributed by atoms with Gasteiger partial charge in [0.15, 0.2) is 0 Å². The predicted octanol–water partition coefficient (Wildman–Crippen LogP) is 10.5. The molecule has 0 fully saturated rings.